The van der Waals surface area contributed by atoms with Crippen molar-refractivity contribution in [2.24, 2.45) is 0 Å². The summed E-state index contributed by atoms with van der Waals surface area (Å²) in [5, 5.41) is 8.75. The number of carbonyl (C=O) groups is 1. The second-order valence-electron chi connectivity index (χ2n) is 7.44. The van der Waals surface area contributed by atoms with Gasteiger partial charge in [0.25, 0.3) is 5.56 Å². The number of aliphatic hydroxyl groups is 1. The van der Waals surface area contributed by atoms with E-state index in [0.29, 0.717) is 16.6 Å². The van der Waals surface area contributed by atoms with E-state index in [0.717, 1.165) is 16.7 Å². The van der Waals surface area contributed by atoms with E-state index < -0.39 is 28.8 Å². The summed E-state index contributed by atoms with van der Waals surface area (Å²) in [7, 11) is 0. The van der Waals surface area contributed by atoms with Gasteiger partial charge in [0, 0.05) is 17.8 Å². The third-order valence-electron chi connectivity index (χ3n) is 5.14. The van der Waals surface area contributed by atoms with E-state index >= 15 is 0 Å². The van der Waals surface area contributed by atoms with Crippen LogP contribution in [0.15, 0.2) is 58.3 Å². The number of benzene rings is 2. The zero-order valence-corrected chi connectivity index (χ0v) is 18.3. The number of imidazole rings is 1. The van der Waals surface area contributed by atoms with Crippen molar-refractivity contribution in [1.29, 1.82) is 0 Å². The number of carbonyl (C=O) groups excluding carboxylic acids is 1. The summed E-state index contributed by atoms with van der Waals surface area (Å²) in [6.45, 7) is -0.511. The van der Waals surface area contributed by atoms with Gasteiger partial charge in [0.1, 0.15) is 29.0 Å². The van der Waals surface area contributed by atoms with Crippen molar-refractivity contribution in [3.05, 3.63) is 97.3 Å². The van der Waals surface area contributed by atoms with Gasteiger partial charge in [-0.3, -0.25) is 9.59 Å². The lowest BCUT2D eigenvalue weighted by Gasteiger charge is -2.12. The zero-order valence-electron chi connectivity index (χ0n) is 17.6. The van der Waals surface area contributed by atoms with Crippen LogP contribution < -0.4 is 16.0 Å². The van der Waals surface area contributed by atoms with Crippen molar-refractivity contribution < 1.29 is 23.4 Å². The molecule has 0 unspecified atom stereocenters. The highest BCUT2D eigenvalue weighted by Crippen LogP contribution is 2.22. The third-order valence-corrected chi connectivity index (χ3v) is 5.49. The summed E-state index contributed by atoms with van der Waals surface area (Å²) in [5.74, 6) is -1.97. The molecule has 4 rings (SSSR count). The second-order valence-corrected chi connectivity index (χ2v) is 7.81. The lowest BCUT2D eigenvalue weighted by molar-refractivity contribution is 0.0876. The van der Waals surface area contributed by atoms with Crippen LogP contribution in [0, 0.1) is 11.6 Å². The molecule has 2 N–H and O–H groups in total. The number of halogens is 3. The highest BCUT2D eigenvalue weighted by molar-refractivity contribution is 6.31. The Balaban J connectivity index is 1.55. The monoisotopic (exact) mass is 489 g/mol. The third kappa shape index (κ3) is 4.63. The molecule has 8 nitrogen and oxygen atoms in total. The standard InChI is InChI=1S/C23H18ClF2N3O5/c24-21-19(34-12-14-2-3-15(25)10-16(14)26)5-7-28(22(21)32)11-13-1-4-18-17(9-13)27-23(33)29(18)20(31)6-8-30/h1-5,7,9-10,30H,6,8,11-12H2,(H,27,33). The Hall–Kier alpha value is -3.76. The van der Waals surface area contributed by atoms with Gasteiger partial charge in [0.2, 0.25) is 5.91 Å². The molecular formula is C23H18ClF2N3O5. The molecule has 0 atom stereocenters. The molecule has 0 bridgehead atoms. The SMILES string of the molecule is O=C(CCO)n1c(=O)[nH]c2cc(Cn3ccc(OCc4ccc(F)cc4F)c(Cl)c3=O)ccc21. The zero-order chi connectivity index (χ0) is 24.4. The van der Waals surface area contributed by atoms with Crippen LogP contribution in [-0.2, 0) is 13.2 Å². The van der Waals surface area contributed by atoms with Gasteiger partial charge in [0.05, 0.1) is 30.6 Å². The fourth-order valence-corrected chi connectivity index (χ4v) is 3.70. The summed E-state index contributed by atoms with van der Waals surface area (Å²) in [4.78, 5) is 39.5. The van der Waals surface area contributed by atoms with Gasteiger partial charge >= 0.3 is 5.69 Å². The van der Waals surface area contributed by atoms with Crippen LogP contribution in [-0.4, -0.2) is 31.7 Å². The van der Waals surface area contributed by atoms with Crippen LogP contribution in [0.25, 0.3) is 11.0 Å². The molecule has 0 amide bonds. The molecule has 34 heavy (non-hydrogen) atoms. The molecule has 11 heteroatoms. The van der Waals surface area contributed by atoms with Crippen LogP contribution in [0.4, 0.5) is 8.78 Å². The van der Waals surface area contributed by atoms with E-state index in [2.05, 4.69) is 4.98 Å². The summed E-state index contributed by atoms with van der Waals surface area (Å²) in [5.41, 5.74) is 0.334. The fraction of sp³-hybridized carbons (Fsp3) is 0.174. The minimum absolute atomic E-state index is 0.0471. The summed E-state index contributed by atoms with van der Waals surface area (Å²) < 4.78 is 34.5. The number of hydrogen-bond donors (Lipinski definition) is 2. The van der Waals surface area contributed by atoms with Crippen molar-refractivity contribution in [2.45, 2.75) is 19.6 Å². The van der Waals surface area contributed by atoms with Crippen LogP contribution in [0.3, 0.4) is 0 Å². The number of nitrogens with one attached hydrogen (secondary N) is 1. The molecule has 2 aromatic heterocycles. The van der Waals surface area contributed by atoms with E-state index in [1.54, 1.807) is 18.2 Å². The van der Waals surface area contributed by atoms with Gasteiger partial charge in [-0.25, -0.2) is 18.1 Å². The Morgan fingerprint density at radius 2 is 1.91 bits per heavy atom. The lowest BCUT2D eigenvalue weighted by atomic mass is 10.2. The van der Waals surface area contributed by atoms with Gasteiger partial charge in [-0.05, 0) is 35.9 Å². The normalized spacial score (nSPS) is 11.2. The molecule has 0 saturated heterocycles. The smallest absolute Gasteiger partial charge is 0.333 e. The second kappa shape index (κ2) is 9.62. The number of aromatic amines is 1. The number of rotatable bonds is 7. The maximum atomic E-state index is 13.8. The molecule has 0 spiro atoms. The number of H-pyrrole nitrogens is 1. The quantitative estimate of drug-likeness (QED) is 0.415. The van der Waals surface area contributed by atoms with Gasteiger partial charge in [-0.1, -0.05) is 17.7 Å². The number of pyridine rings is 1. The molecule has 0 radical (unpaired) electrons. The van der Waals surface area contributed by atoms with Gasteiger partial charge in [-0.15, -0.1) is 0 Å². The first kappa shape index (κ1) is 23.4. The van der Waals surface area contributed by atoms with E-state index in [1.807, 2.05) is 0 Å². The van der Waals surface area contributed by atoms with E-state index in [4.69, 9.17) is 21.4 Å². The van der Waals surface area contributed by atoms with Crippen LogP contribution in [0.5, 0.6) is 5.75 Å². The van der Waals surface area contributed by atoms with Gasteiger partial charge < -0.3 is 19.4 Å². The van der Waals surface area contributed by atoms with Crippen LogP contribution in [0.2, 0.25) is 5.02 Å². The molecule has 0 aliphatic heterocycles. The van der Waals surface area contributed by atoms with E-state index in [9.17, 15) is 23.2 Å². The molecule has 0 aliphatic carbocycles. The average Bonchev–Trinajstić information content (AvgIpc) is 3.12. The molecule has 2 heterocycles. The Morgan fingerprint density at radius 1 is 1.12 bits per heavy atom. The topological polar surface area (TPSA) is 106 Å². The first-order valence-corrected chi connectivity index (χ1v) is 10.5. The van der Waals surface area contributed by atoms with Gasteiger partial charge in [0.15, 0.2) is 0 Å². The molecule has 0 aliphatic rings. The van der Waals surface area contributed by atoms with Crippen molar-refractivity contribution in [3.63, 3.8) is 0 Å². The van der Waals surface area contributed by atoms with Crippen LogP contribution in [0.1, 0.15) is 22.3 Å². The van der Waals surface area contributed by atoms with Crippen LogP contribution >= 0.6 is 11.6 Å². The molecule has 176 valence electrons. The highest BCUT2D eigenvalue weighted by Gasteiger charge is 2.15. The Morgan fingerprint density at radius 3 is 2.65 bits per heavy atom. The molecule has 4 aromatic rings. The number of ether oxygens (including phenoxy) is 1. The number of aliphatic hydroxyl groups excluding tert-OH is 1. The van der Waals surface area contributed by atoms with Crippen molar-refractivity contribution in [2.75, 3.05) is 6.61 Å². The molecule has 0 fully saturated rings. The van der Waals surface area contributed by atoms with Crippen molar-refractivity contribution >= 4 is 28.5 Å². The molecule has 0 saturated carbocycles. The lowest BCUT2D eigenvalue weighted by Crippen LogP contribution is -2.24. The van der Waals surface area contributed by atoms with Gasteiger partial charge in [-0.2, -0.15) is 0 Å². The van der Waals surface area contributed by atoms with E-state index in [1.165, 1.54) is 22.9 Å². The number of hydrogen-bond acceptors (Lipinski definition) is 5. The molecular weight excluding hydrogens is 472 g/mol. The minimum atomic E-state index is -0.773. The van der Waals surface area contributed by atoms with E-state index in [-0.39, 0.29) is 42.5 Å². The summed E-state index contributed by atoms with van der Waals surface area (Å²) in [6.07, 6.45) is 1.26. The Labute approximate surface area is 195 Å². The minimum Gasteiger partial charge on any atom is -0.487 e. The number of fused-ring (bicyclic) bond motifs is 1. The highest BCUT2D eigenvalue weighted by atomic mass is 35.5. The van der Waals surface area contributed by atoms with Crippen molar-refractivity contribution in [1.82, 2.24) is 14.1 Å². The number of aromatic nitrogens is 3. The predicted octanol–water partition coefficient (Wildman–Crippen LogP) is 3.07. The fourth-order valence-electron chi connectivity index (χ4n) is 3.47. The maximum Gasteiger partial charge on any atom is 0.333 e. The first-order chi connectivity index (χ1) is 16.3. The Kier molecular flexibility index (Phi) is 6.62. The Bertz CT molecular complexity index is 1510. The summed E-state index contributed by atoms with van der Waals surface area (Å²) in [6, 6.07) is 9.38. The maximum absolute atomic E-state index is 13.8. The predicted molar refractivity (Wildman–Crippen MR) is 120 cm³/mol. The van der Waals surface area contributed by atoms with Crippen molar-refractivity contribution in [3.8, 4) is 5.75 Å². The first-order valence-electron chi connectivity index (χ1n) is 10.1. The number of nitrogens with zero attached hydrogens (tertiary/aromatic N) is 2. The largest absolute Gasteiger partial charge is 0.487 e. The molecule has 2 aromatic carbocycles. The average molecular weight is 490 g/mol. The summed E-state index contributed by atoms with van der Waals surface area (Å²) >= 11 is 6.16.